The molecule has 0 aliphatic rings. The third-order valence-corrected chi connectivity index (χ3v) is 6.93. The van der Waals surface area contributed by atoms with Gasteiger partial charge in [0.15, 0.2) is 5.76 Å². The van der Waals surface area contributed by atoms with Crippen LogP contribution in [0.5, 0.6) is 0 Å². The number of nitrogens with zero attached hydrogens (tertiary/aromatic N) is 1. The summed E-state index contributed by atoms with van der Waals surface area (Å²) in [5, 5.41) is 4.57. The van der Waals surface area contributed by atoms with Crippen molar-refractivity contribution in [2.75, 3.05) is 19.4 Å². The summed E-state index contributed by atoms with van der Waals surface area (Å²) < 4.78 is 7.64. The van der Waals surface area contributed by atoms with Gasteiger partial charge in [-0.2, -0.15) is 0 Å². The lowest BCUT2D eigenvalue weighted by Crippen LogP contribution is -2.13. The normalized spacial score (nSPS) is 10.4. The van der Waals surface area contributed by atoms with Crippen molar-refractivity contribution in [1.82, 2.24) is 4.90 Å². The summed E-state index contributed by atoms with van der Waals surface area (Å²) in [5.41, 5.74) is 2.24. The molecule has 0 saturated heterocycles. The zero-order valence-corrected chi connectivity index (χ0v) is 23.1. The van der Waals surface area contributed by atoms with E-state index in [-0.39, 0.29) is 5.91 Å². The molecule has 0 aliphatic heterocycles. The topological polar surface area (TPSA) is 62.6 Å². The molecule has 0 saturated carbocycles. The molecule has 0 aliphatic carbocycles. The van der Waals surface area contributed by atoms with E-state index >= 15 is 0 Å². The van der Waals surface area contributed by atoms with Crippen molar-refractivity contribution in [3.05, 3.63) is 92.0 Å². The van der Waals surface area contributed by atoms with Crippen molar-refractivity contribution in [2.45, 2.75) is 10.6 Å². The minimum Gasteiger partial charge on any atom is -0.451 e. The number of halogens is 3. The van der Waals surface area contributed by atoms with Gasteiger partial charge in [-0.1, -0.05) is 45.7 Å². The molecule has 1 aromatic heterocycles. The highest BCUT2D eigenvalue weighted by Crippen LogP contribution is 2.34. The Kier molecular flexibility index (Phi) is 9.64. The number of hydrogen-bond acceptors (Lipinski definition) is 4. The highest BCUT2D eigenvalue weighted by molar-refractivity contribution is 9.11. The second-order valence-electron chi connectivity index (χ2n) is 7.30. The Morgan fingerprint density at radius 2 is 1.76 bits per heavy atom. The van der Waals surface area contributed by atoms with Gasteiger partial charge in [0.2, 0.25) is 6.41 Å². The first kappa shape index (κ1) is 26.3. The predicted molar refractivity (Wildman–Crippen MR) is 147 cm³/mol. The van der Waals surface area contributed by atoms with Crippen LogP contribution < -0.4 is 5.32 Å². The zero-order chi connectivity index (χ0) is 24.7. The molecule has 0 unspecified atom stereocenters. The summed E-state index contributed by atoms with van der Waals surface area (Å²) in [6.45, 7) is 0. The van der Waals surface area contributed by atoms with E-state index in [0.717, 1.165) is 31.2 Å². The van der Waals surface area contributed by atoms with Crippen LogP contribution in [0.3, 0.4) is 0 Å². The van der Waals surface area contributed by atoms with Crippen molar-refractivity contribution in [3.8, 4) is 0 Å². The van der Waals surface area contributed by atoms with Crippen molar-refractivity contribution in [3.63, 3.8) is 0 Å². The molecule has 4 rings (SSSR count). The molecular weight excluding hydrogens is 604 g/mol. The standard InChI is InChI=1S/C22H14Br2ClNO2S.C3H7NO/c23-13-5-10-19(18(24)11-13)26-22(27)21-17(16-3-1-2-4-20(16)28-21)12-29-15-8-6-14(25)7-9-15;1-4(2)3-5/h1-11H,12H2,(H,26,27);3H,1-2H3. The molecule has 0 spiro atoms. The minimum atomic E-state index is -0.282. The van der Waals surface area contributed by atoms with Crippen LogP contribution in [-0.4, -0.2) is 31.3 Å². The number of amides is 2. The van der Waals surface area contributed by atoms with Gasteiger partial charge in [0, 0.05) is 49.7 Å². The zero-order valence-electron chi connectivity index (χ0n) is 18.3. The van der Waals surface area contributed by atoms with Crippen LogP contribution in [0.1, 0.15) is 16.1 Å². The Bertz CT molecular complexity index is 1290. The Labute approximate surface area is 224 Å². The molecule has 0 bridgehead atoms. The second kappa shape index (κ2) is 12.4. The smallest absolute Gasteiger partial charge is 0.291 e. The number of carbonyl (C=O) groups is 2. The highest BCUT2D eigenvalue weighted by Gasteiger charge is 2.21. The van der Waals surface area contributed by atoms with Crippen molar-refractivity contribution >= 4 is 84.2 Å². The maximum atomic E-state index is 13.0. The molecule has 0 radical (unpaired) electrons. The van der Waals surface area contributed by atoms with E-state index in [4.69, 9.17) is 16.0 Å². The molecular formula is C25H21Br2ClN2O3S. The predicted octanol–water partition coefficient (Wildman–Crippen LogP) is 7.86. The number of nitrogens with one attached hydrogen (secondary N) is 1. The number of furan rings is 1. The van der Waals surface area contributed by atoms with E-state index in [1.807, 2.05) is 66.7 Å². The van der Waals surface area contributed by atoms with Gasteiger partial charge in [0.25, 0.3) is 5.91 Å². The Morgan fingerprint density at radius 3 is 2.41 bits per heavy atom. The van der Waals surface area contributed by atoms with E-state index in [2.05, 4.69) is 37.2 Å². The summed E-state index contributed by atoms with van der Waals surface area (Å²) in [7, 11) is 3.38. The van der Waals surface area contributed by atoms with Crippen LogP contribution in [0.2, 0.25) is 5.02 Å². The molecule has 176 valence electrons. The van der Waals surface area contributed by atoms with E-state index in [1.165, 1.54) is 4.90 Å². The number of benzene rings is 3. The fourth-order valence-electron chi connectivity index (χ4n) is 2.88. The first-order chi connectivity index (χ1) is 16.3. The fourth-order valence-corrected chi connectivity index (χ4v) is 5.08. The monoisotopic (exact) mass is 622 g/mol. The third-order valence-electron chi connectivity index (χ3n) is 4.49. The highest BCUT2D eigenvalue weighted by atomic mass is 79.9. The van der Waals surface area contributed by atoms with Crippen LogP contribution in [0.25, 0.3) is 11.0 Å². The minimum absolute atomic E-state index is 0.282. The fraction of sp³-hybridized carbons (Fsp3) is 0.120. The summed E-state index contributed by atoms with van der Waals surface area (Å²) in [6, 6.07) is 20.9. The average molecular weight is 625 g/mol. The third kappa shape index (κ3) is 7.12. The van der Waals surface area contributed by atoms with E-state index in [1.54, 1.807) is 25.9 Å². The first-order valence-electron chi connectivity index (χ1n) is 10.1. The summed E-state index contributed by atoms with van der Waals surface area (Å²) in [6.07, 6.45) is 0.750. The van der Waals surface area contributed by atoms with Crippen LogP contribution >= 0.6 is 55.2 Å². The molecule has 2 amide bonds. The quantitative estimate of drug-likeness (QED) is 0.175. The Morgan fingerprint density at radius 1 is 1.09 bits per heavy atom. The van der Waals surface area contributed by atoms with Crippen molar-refractivity contribution < 1.29 is 14.0 Å². The lowest BCUT2D eigenvalue weighted by molar-refractivity contribution is -0.115. The van der Waals surface area contributed by atoms with Gasteiger partial charge < -0.3 is 14.6 Å². The van der Waals surface area contributed by atoms with E-state index in [9.17, 15) is 9.59 Å². The number of carbonyl (C=O) groups excluding carboxylic acids is 2. The van der Waals surface area contributed by atoms with Crippen LogP contribution in [-0.2, 0) is 10.5 Å². The van der Waals surface area contributed by atoms with E-state index in [0.29, 0.717) is 27.8 Å². The SMILES string of the molecule is CN(C)C=O.O=C(Nc1ccc(Br)cc1Br)c1oc2ccccc2c1CSc1ccc(Cl)cc1. The van der Waals surface area contributed by atoms with Gasteiger partial charge in [-0.3, -0.25) is 9.59 Å². The van der Waals surface area contributed by atoms with Gasteiger partial charge in [0.05, 0.1) is 5.69 Å². The summed E-state index contributed by atoms with van der Waals surface area (Å²) in [5.74, 6) is 0.640. The van der Waals surface area contributed by atoms with Gasteiger partial charge in [-0.15, -0.1) is 11.8 Å². The molecule has 4 aromatic rings. The Hall–Kier alpha value is -2.26. The van der Waals surface area contributed by atoms with Gasteiger partial charge in [-0.05, 0) is 64.5 Å². The van der Waals surface area contributed by atoms with Gasteiger partial charge >= 0.3 is 0 Å². The van der Waals surface area contributed by atoms with Crippen LogP contribution in [0.4, 0.5) is 5.69 Å². The lowest BCUT2D eigenvalue weighted by Gasteiger charge is -2.08. The molecule has 9 heteroatoms. The average Bonchev–Trinajstić information content (AvgIpc) is 3.19. The molecule has 5 nitrogen and oxygen atoms in total. The van der Waals surface area contributed by atoms with Gasteiger partial charge in [0.1, 0.15) is 5.58 Å². The van der Waals surface area contributed by atoms with Crippen molar-refractivity contribution in [1.29, 1.82) is 0 Å². The number of rotatable bonds is 6. The molecule has 1 N–H and O–H groups in total. The first-order valence-corrected chi connectivity index (χ1v) is 13.0. The van der Waals surface area contributed by atoms with E-state index < -0.39 is 0 Å². The summed E-state index contributed by atoms with van der Waals surface area (Å²) >= 11 is 14.5. The number of anilines is 1. The maximum absolute atomic E-state index is 13.0. The number of para-hydroxylation sites is 1. The molecule has 34 heavy (non-hydrogen) atoms. The van der Waals surface area contributed by atoms with Gasteiger partial charge in [-0.25, -0.2) is 0 Å². The maximum Gasteiger partial charge on any atom is 0.291 e. The number of thioether (sulfide) groups is 1. The van der Waals surface area contributed by atoms with Crippen LogP contribution in [0, 0.1) is 0 Å². The molecule has 0 fully saturated rings. The largest absolute Gasteiger partial charge is 0.451 e. The number of hydrogen-bond donors (Lipinski definition) is 1. The molecule has 1 heterocycles. The Balaban J connectivity index is 0.000000588. The summed E-state index contributed by atoms with van der Waals surface area (Å²) in [4.78, 5) is 25.0. The lowest BCUT2D eigenvalue weighted by atomic mass is 10.1. The molecule has 0 atom stereocenters. The van der Waals surface area contributed by atoms with Crippen molar-refractivity contribution in [2.24, 2.45) is 0 Å². The second-order valence-corrected chi connectivity index (χ2v) is 10.6. The number of fused-ring (bicyclic) bond motifs is 1. The van der Waals surface area contributed by atoms with Crippen LogP contribution in [0.15, 0.2) is 85.0 Å². The molecule has 3 aromatic carbocycles.